The molecule has 4 aromatic rings. The molecule has 4 aliphatic rings. The molecule has 0 spiro atoms. The number of halogens is 1. The molecule has 3 aliphatic heterocycles. The number of nitrogen functional groups attached to an aromatic ring is 1. The Morgan fingerprint density at radius 2 is 1.69 bits per heavy atom. The highest BCUT2D eigenvalue weighted by Gasteiger charge is 2.46. The number of nitrogens with two attached hydrogens (primary N) is 1. The van der Waals surface area contributed by atoms with Gasteiger partial charge in [-0.05, 0) is 105 Å². The molecular formula is C59H77FN12O8. The molecule has 3 fully saturated rings. The van der Waals surface area contributed by atoms with E-state index < -0.39 is 41.3 Å². The number of ketones is 1. The fourth-order valence-corrected chi connectivity index (χ4v) is 11.0. The number of aryl methyl sites for hydroxylation is 1. The second-order valence-corrected chi connectivity index (χ2v) is 22.4. The Morgan fingerprint density at radius 3 is 2.38 bits per heavy atom. The van der Waals surface area contributed by atoms with Crippen molar-refractivity contribution < 1.29 is 42.6 Å². The van der Waals surface area contributed by atoms with E-state index in [-0.39, 0.29) is 125 Å². The van der Waals surface area contributed by atoms with Crippen LogP contribution < -0.4 is 31.9 Å². The number of rotatable bonds is 23. The number of likely N-dealkylation sites (tertiary alicyclic amines) is 1. The van der Waals surface area contributed by atoms with Gasteiger partial charge in [-0.25, -0.2) is 9.37 Å². The van der Waals surface area contributed by atoms with E-state index in [4.69, 9.17) is 26.9 Å². The number of nitrogens with one attached hydrogen (secondary N) is 4. The van der Waals surface area contributed by atoms with Gasteiger partial charge in [0.25, 0.3) is 11.7 Å². The molecule has 5 heterocycles. The van der Waals surface area contributed by atoms with E-state index >= 15 is 0 Å². The number of Topliss-reactive ketones (excluding diaryl/α,β-unsaturated/α-hetero) is 1. The first-order valence-electron chi connectivity index (χ1n) is 28.1. The summed E-state index contributed by atoms with van der Waals surface area (Å²) in [7, 11) is 1.66. The summed E-state index contributed by atoms with van der Waals surface area (Å²) >= 11 is 0. The van der Waals surface area contributed by atoms with Crippen LogP contribution in [0, 0.1) is 17.8 Å². The van der Waals surface area contributed by atoms with E-state index in [1.165, 1.54) is 17.0 Å². The largest absolute Gasteiger partial charge is 0.382 e. The molecule has 0 unspecified atom stereocenters. The highest BCUT2D eigenvalue weighted by molar-refractivity contribution is 5.97. The van der Waals surface area contributed by atoms with Gasteiger partial charge in [-0.3, -0.25) is 28.8 Å². The minimum absolute atomic E-state index is 0.0212. The zero-order valence-corrected chi connectivity index (χ0v) is 46.9. The third-order valence-electron chi connectivity index (χ3n) is 15.6. The summed E-state index contributed by atoms with van der Waals surface area (Å²) in [6, 6.07) is 12.3. The van der Waals surface area contributed by atoms with E-state index in [1.807, 2.05) is 64.1 Å². The van der Waals surface area contributed by atoms with Crippen molar-refractivity contribution in [1.82, 2.24) is 45.8 Å². The Morgan fingerprint density at radius 1 is 0.950 bits per heavy atom. The molecule has 2 aromatic carbocycles. The number of aromatic nitrogens is 3. The number of carbonyl (C=O) groups is 6. The van der Waals surface area contributed by atoms with Crippen LogP contribution in [0.3, 0.4) is 0 Å². The number of benzene rings is 2. The van der Waals surface area contributed by atoms with Gasteiger partial charge in [-0.1, -0.05) is 64.6 Å². The molecular weight excluding hydrogens is 1020 g/mol. The first-order chi connectivity index (χ1) is 38.4. The summed E-state index contributed by atoms with van der Waals surface area (Å²) in [5.74, 6) is -1.52. The van der Waals surface area contributed by atoms with Crippen molar-refractivity contribution >= 4 is 52.6 Å². The van der Waals surface area contributed by atoms with Crippen LogP contribution in [0.2, 0.25) is 0 Å². The number of likely N-dealkylation sites (N-methyl/N-ethyl adjacent to an activating group) is 1. The number of ether oxygens (including phenoxy) is 2. The van der Waals surface area contributed by atoms with Gasteiger partial charge >= 0.3 is 0 Å². The Kier molecular flexibility index (Phi) is 19.4. The normalized spacial score (nSPS) is 19.1. The molecule has 1 saturated carbocycles. The van der Waals surface area contributed by atoms with Gasteiger partial charge < -0.3 is 56.0 Å². The van der Waals surface area contributed by atoms with Gasteiger partial charge in [0.05, 0.1) is 63.3 Å². The van der Waals surface area contributed by atoms with Crippen molar-refractivity contribution in [1.29, 1.82) is 0 Å². The maximum atomic E-state index is 14.9. The summed E-state index contributed by atoms with van der Waals surface area (Å²) in [6.07, 6.45) is 6.39. The molecule has 20 nitrogen and oxygen atoms in total. The lowest BCUT2D eigenvalue weighted by atomic mass is 9.85. The van der Waals surface area contributed by atoms with Gasteiger partial charge in [0.2, 0.25) is 23.6 Å². The summed E-state index contributed by atoms with van der Waals surface area (Å²) in [5.41, 5.74) is 10.2. The van der Waals surface area contributed by atoms with Crippen LogP contribution in [-0.4, -0.2) is 137 Å². The highest BCUT2D eigenvalue weighted by Crippen LogP contribution is 2.45. The molecule has 2 aromatic heterocycles. The fourth-order valence-electron chi connectivity index (χ4n) is 11.0. The van der Waals surface area contributed by atoms with E-state index in [0.717, 1.165) is 24.8 Å². The number of amides is 5. The average molecular weight is 1100 g/mol. The van der Waals surface area contributed by atoms with Gasteiger partial charge in [-0.2, -0.15) is 4.68 Å². The predicted octanol–water partition coefficient (Wildman–Crippen LogP) is 6.33. The predicted molar refractivity (Wildman–Crippen MR) is 299 cm³/mol. The number of hydrogen-bond donors (Lipinski definition) is 5. The molecule has 6 atom stereocenters. The maximum absolute atomic E-state index is 14.9. The molecule has 21 heteroatoms. The SMILES string of the molecule is [C-]#[N+]c1c2c(nn1CCCC(=O)CCOCCOCCC(=O)N[C@@H]1C[C@H](C(=O)N[C@@H](CC)c3ccccc3)N(C(=O)[C@H](NC(=O)[C@@H](C)NC)C(C)(C)C)C1)CN(C1CC1)C(=O)c1ccc(F)cc1[C@H]1CCCN1c1cc-2cnc1N. The van der Waals surface area contributed by atoms with E-state index in [1.54, 1.807) is 35.8 Å². The lowest BCUT2D eigenvalue weighted by molar-refractivity contribution is -0.144. The standard InChI is InChI=1S/C59H77FN12O8/c1-8-45(37-14-10-9-11-15-37)66-56(76)49-32-40(34-71(49)58(78)52(59(3,4)5)67-55(75)36(2)62-6)65-50(74)23-27-80-29-28-79-26-22-42(73)16-12-25-72-54(63-7)51-38-30-48(53(61)64-33-38)69-24-13-17-47(69)44-31-39(60)18-21-43(44)57(77)70(41-19-20-41)35-46(51)68-72/h9-11,14-15,18,21,30-31,33,36,40-41,45,47,49,52,62H,8,12-13,16-17,19-20,22-29,32,34-35H2,1-6H3,(H2,61,64)(H,65,74)(H,66,76)(H,67,75)/t36-,40-,45+,47-,49-,52+/m1/s1. The van der Waals surface area contributed by atoms with Crippen LogP contribution >= 0.6 is 0 Å². The van der Waals surface area contributed by atoms with Crippen molar-refractivity contribution in [2.75, 3.05) is 57.2 Å². The van der Waals surface area contributed by atoms with Crippen LogP contribution in [0.4, 0.5) is 21.7 Å². The molecule has 1 aliphatic carbocycles. The number of pyridine rings is 1. The lowest BCUT2D eigenvalue weighted by Crippen LogP contribution is -2.59. The Bertz CT molecular complexity index is 2940. The smallest absolute Gasteiger partial charge is 0.260 e. The van der Waals surface area contributed by atoms with Crippen molar-refractivity contribution in [2.24, 2.45) is 5.41 Å². The molecule has 5 amide bonds. The summed E-state index contributed by atoms with van der Waals surface area (Å²) in [4.78, 5) is 96.2. The minimum atomic E-state index is -0.947. The molecule has 2 saturated heterocycles. The van der Waals surface area contributed by atoms with Crippen LogP contribution in [-0.2, 0) is 46.5 Å². The molecule has 2 bridgehead atoms. The topological polar surface area (TPSA) is 240 Å². The Hall–Kier alpha value is -7.28. The van der Waals surface area contributed by atoms with Gasteiger partial charge in [-0.15, -0.1) is 5.10 Å². The zero-order chi connectivity index (χ0) is 57.3. The molecule has 6 N–H and O–H groups in total. The number of fused-ring (bicyclic) bond motifs is 8. The Labute approximate surface area is 467 Å². The number of nitrogens with zero attached hydrogens (tertiary/aromatic N) is 7. The van der Waals surface area contributed by atoms with Crippen LogP contribution in [0.1, 0.15) is 138 Å². The van der Waals surface area contributed by atoms with Crippen LogP contribution in [0.15, 0.2) is 60.8 Å². The molecule has 80 heavy (non-hydrogen) atoms. The lowest BCUT2D eigenvalue weighted by Gasteiger charge is -2.36. The van der Waals surface area contributed by atoms with Crippen molar-refractivity contribution in [3.05, 3.63) is 100 Å². The summed E-state index contributed by atoms with van der Waals surface area (Å²) in [5, 5.41) is 16.8. The van der Waals surface area contributed by atoms with Gasteiger partial charge in [0.15, 0.2) is 0 Å². The fraction of sp³-hybridized carbons (Fsp3) is 0.542. The average Bonchev–Trinajstić information content (AvgIpc) is 3.95. The minimum Gasteiger partial charge on any atom is -0.382 e. The first-order valence-corrected chi connectivity index (χ1v) is 28.1. The zero-order valence-electron chi connectivity index (χ0n) is 46.9. The van der Waals surface area contributed by atoms with Crippen LogP contribution in [0.5, 0.6) is 0 Å². The van der Waals surface area contributed by atoms with E-state index in [2.05, 4.69) is 36.0 Å². The second-order valence-electron chi connectivity index (χ2n) is 22.4. The third-order valence-corrected chi connectivity index (χ3v) is 15.6. The summed E-state index contributed by atoms with van der Waals surface area (Å²) in [6.45, 7) is 19.3. The monoisotopic (exact) mass is 1100 g/mol. The number of carbonyl (C=O) groups excluding carboxylic acids is 6. The number of anilines is 2. The quantitative estimate of drug-likeness (QED) is 0.0404. The molecule has 0 radical (unpaired) electrons. The van der Waals surface area contributed by atoms with E-state index in [0.29, 0.717) is 65.3 Å². The van der Waals surface area contributed by atoms with Gasteiger partial charge in [0.1, 0.15) is 35.2 Å². The summed E-state index contributed by atoms with van der Waals surface area (Å²) < 4.78 is 27.9. The van der Waals surface area contributed by atoms with Crippen molar-refractivity contribution in [3.63, 3.8) is 0 Å². The maximum Gasteiger partial charge on any atom is 0.260 e. The second kappa shape index (κ2) is 26.3. The van der Waals surface area contributed by atoms with Crippen LogP contribution in [0.25, 0.3) is 16.0 Å². The Balaban J connectivity index is 0.810. The third kappa shape index (κ3) is 14.0. The van der Waals surface area contributed by atoms with Crippen molar-refractivity contribution in [3.8, 4) is 11.1 Å². The van der Waals surface area contributed by atoms with E-state index in [9.17, 15) is 33.2 Å². The molecule has 428 valence electrons. The van der Waals surface area contributed by atoms with Gasteiger partial charge in [0, 0.05) is 61.8 Å². The highest BCUT2D eigenvalue weighted by atomic mass is 19.1. The van der Waals surface area contributed by atoms with Crippen molar-refractivity contribution in [2.45, 2.75) is 154 Å². The molecule has 8 rings (SSSR count). The number of hydrogen-bond acceptors (Lipinski definition) is 13. The first kappa shape index (κ1) is 58.9.